The molecule has 11 heavy (non-hydrogen) atoms. The molecule has 3 nitrogen and oxygen atoms in total. The molecular formula is C7H15N3S. The summed E-state index contributed by atoms with van der Waals surface area (Å²) >= 11 is 1.61. The third kappa shape index (κ3) is 2.93. The van der Waals surface area contributed by atoms with Crippen LogP contribution in [0, 0.1) is 6.92 Å². The van der Waals surface area contributed by atoms with Crippen molar-refractivity contribution >= 4 is 11.8 Å². The zero-order valence-corrected chi connectivity index (χ0v) is 8.57. The Labute approximate surface area is 72.2 Å². The van der Waals surface area contributed by atoms with Crippen molar-refractivity contribution in [1.29, 1.82) is 0 Å². The van der Waals surface area contributed by atoms with E-state index in [1.807, 2.05) is 34.1 Å². The van der Waals surface area contributed by atoms with Gasteiger partial charge in [-0.15, -0.1) is 0 Å². The summed E-state index contributed by atoms with van der Waals surface area (Å²) in [5.74, 6) is 0.835. The summed E-state index contributed by atoms with van der Waals surface area (Å²) < 4.78 is 1.78. The summed E-state index contributed by atoms with van der Waals surface area (Å²) in [6, 6.07) is 0. The van der Waals surface area contributed by atoms with Gasteiger partial charge in [0.1, 0.15) is 5.82 Å². The van der Waals surface area contributed by atoms with Crippen molar-refractivity contribution in [2.45, 2.75) is 25.9 Å². The van der Waals surface area contributed by atoms with Gasteiger partial charge in [-0.2, -0.15) is 5.10 Å². The summed E-state index contributed by atoms with van der Waals surface area (Å²) in [6.07, 6.45) is 1.99. The summed E-state index contributed by atoms with van der Waals surface area (Å²) in [5, 5.41) is 5.03. The lowest BCUT2D eigenvalue weighted by atomic mass is 10.8. The van der Waals surface area contributed by atoms with Crippen molar-refractivity contribution in [3.8, 4) is 0 Å². The maximum atomic E-state index is 4.14. The average Bonchev–Trinajstić information content (AvgIpc) is 2.33. The monoisotopic (exact) mass is 173 g/mol. The second-order valence-electron chi connectivity index (χ2n) is 1.77. The van der Waals surface area contributed by atoms with Crippen LogP contribution in [0.15, 0.2) is 5.16 Å². The van der Waals surface area contributed by atoms with Gasteiger partial charge in [0.2, 0.25) is 0 Å². The van der Waals surface area contributed by atoms with E-state index >= 15 is 0 Å². The standard InChI is InChI=1S/C5H9N3S.C2H6/c1-4-6-5(9-3)8(2)7-4;1-2/h1-3H3;1-2H3. The molecule has 1 aromatic rings. The van der Waals surface area contributed by atoms with Crippen molar-refractivity contribution in [2.75, 3.05) is 6.26 Å². The Morgan fingerprint density at radius 2 is 1.91 bits per heavy atom. The summed E-state index contributed by atoms with van der Waals surface area (Å²) in [5.41, 5.74) is 0. The van der Waals surface area contributed by atoms with Crippen LogP contribution in [0.4, 0.5) is 0 Å². The second kappa shape index (κ2) is 5.18. The highest BCUT2D eigenvalue weighted by Crippen LogP contribution is 2.08. The average molecular weight is 173 g/mol. The molecule has 0 aromatic carbocycles. The number of hydrogen-bond acceptors (Lipinski definition) is 3. The van der Waals surface area contributed by atoms with Crippen LogP contribution >= 0.6 is 11.8 Å². The fourth-order valence-electron chi connectivity index (χ4n) is 0.671. The van der Waals surface area contributed by atoms with E-state index in [1.54, 1.807) is 16.4 Å². The number of hydrogen-bond donors (Lipinski definition) is 0. The molecule has 0 bridgehead atoms. The van der Waals surface area contributed by atoms with Crippen LogP contribution < -0.4 is 0 Å². The predicted octanol–water partition coefficient (Wildman–Crippen LogP) is 1.87. The maximum Gasteiger partial charge on any atom is 0.185 e. The Bertz CT molecular complexity index is 207. The first-order chi connectivity index (χ1) is 5.24. The minimum absolute atomic E-state index is 0.835. The third-order valence-electron chi connectivity index (χ3n) is 1.01. The van der Waals surface area contributed by atoms with Crippen LogP contribution in [0.2, 0.25) is 0 Å². The van der Waals surface area contributed by atoms with Crippen molar-refractivity contribution in [1.82, 2.24) is 14.8 Å². The van der Waals surface area contributed by atoms with Crippen LogP contribution in [-0.4, -0.2) is 21.0 Å². The van der Waals surface area contributed by atoms with Crippen molar-refractivity contribution in [3.63, 3.8) is 0 Å². The van der Waals surface area contributed by atoms with E-state index < -0.39 is 0 Å². The summed E-state index contributed by atoms with van der Waals surface area (Å²) in [4.78, 5) is 4.14. The quantitative estimate of drug-likeness (QED) is 0.607. The van der Waals surface area contributed by atoms with Crippen LogP contribution in [0.3, 0.4) is 0 Å². The highest BCUT2D eigenvalue weighted by atomic mass is 32.2. The highest BCUT2D eigenvalue weighted by molar-refractivity contribution is 7.98. The Morgan fingerprint density at radius 3 is 2.09 bits per heavy atom. The molecular weight excluding hydrogens is 158 g/mol. The molecule has 0 aliphatic rings. The van der Waals surface area contributed by atoms with Crippen LogP contribution in [0.5, 0.6) is 0 Å². The fourth-order valence-corrected chi connectivity index (χ4v) is 1.20. The van der Waals surface area contributed by atoms with Gasteiger partial charge in [-0.25, -0.2) is 9.67 Å². The van der Waals surface area contributed by atoms with Gasteiger partial charge < -0.3 is 0 Å². The Hall–Kier alpha value is -0.510. The van der Waals surface area contributed by atoms with Crippen LogP contribution in [0.1, 0.15) is 19.7 Å². The van der Waals surface area contributed by atoms with Crippen LogP contribution in [0.25, 0.3) is 0 Å². The SMILES string of the molecule is CC.CSc1nc(C)nn1C. The first kappa shape index (κ1) is 10.5. The van der Waals surface area contributed by atoms with Crippen molar-refractivity contribution in [2.24, 2.45) is 7.05 Å². The van der Waals surface area contributed by atoms with E-state index in [2.05, 4.69) is 10.1 Å². The minimum atomic E-state index is 0.835. The lowest BCUT2D eigenvalue weighted by Gasteiger charge is -1.89. The molecule has 4 heteroatoms. The zero-order chi connectivity index (χ0) is 8.85. The number of aromatic nitrogens is 3. The molecule has 1 heterocycles. The molecule has 0 aliphatic carbocycles. The van der Waals surface area contributed by atoms with Gasteiger partial charge >= 0.3 is 0 Å². The minimum Gasteiger partial charge on any atom is -0.244 e. The Morgan fingerprint density at radius 1 is 1.36 bits per heavy atom. The van der Waals surface area contributed by atoms with Gasteiger partial charge in [0.15, 0.2) is 5.16 Å². The van der Waals surface area contributed by atoms with E-state index in [1.165, 1.54) is 0 Å². The van der Waals surface area contributed by atoms with E-state index in [9.17, 15) is 0 Å². The molecule has 0 atom stereocenters. The van der Waals surface area contributed by atoms with E-state index in [-0.39, 0.29) is 0 Å². The second-order valence-corrected chi connectivity index (χ2v) is 2.54. The largest absolute Gasteiger partial charge is 0.244 e. The van der Waals surface area contributed by atoms with E-state index in [0.717, 1.165) is 11.0 Å². The molecule has 0 spiro atoms. The zero-order valence-electron chi connectivity index (χ0n) is 7.75. The Kier molecular flexibility index (Phi) is 4.94. The van der Waals surface area contributed by atoms with Gasteiger partial charge in [0.05, 0.1) is 0 Å². The molecule has 0 N–H and O–H groups in total. The summed E-state index contributed by atoms with van der Waals surface area (Å²) in [6.45, 7) is 5.89. The molecule has 1 aromatic heterocycles. The first-order valence-electron chi connectivity index (χ1n) is 3.65. The van der Waals surface area contributed by atoms with E-state index in [4.69, 9.17) is 0 Å². The molecule has 64 valence electrons. The number of aryl methyl sites for hydroxylation is 2. The smallest absolute Gasteiger partial charge is 0.185 e. The lowest BCUT2D eigenvalue weighted by Crippen LogP contribution is -1.91. The van der Waals surface area contributed by atoms with Gasteiger partial charge in [0, 0.05) is 7.05 Å². The first-order valence-corrected chi connectivity index (χ1v) is 4.88. The highest BCUT2D eigenvalue weighted by Gasteiger charge is 1.98. The molecule has 1 rings (SSSR count). The van der Waals surface area contributed by atoms with Gasteiger partial charge in [0.25, 0.3) is 0 Å². The Balaban J connectivity index is 0.000000461. The summed E-state index contributed by atoms with van der Waals surface area (Å²) in [7, 11) is 1.89. The van der Waals surface area contributed by atoms with Gasteiger partial charge in [-0.05, 0) is 13.2 Å². The van der Waals surface area contributed by atoms with Crippen molar-refractivity contribution in [3.05, 3.63) is 5.82 Å². The van der Waals surface area contributed by atoms with E-state index in [0.29, 0.717) is 0 Å². The van der Waals surface area contributed by atoms with Crippen molar-refractivity contribution < 1.29 is 0 Å². The van der Waals surface area contributed by atoms with Crippen LogP contribution in [-0.2, 0) is 7.05 Å². The number of thioether (sulfide) groups is 1. The predicted molar refractivity (Wildman–Crippen MR) is 48.9 cm³/mol. The molecule has 0 fully saturated rings. The molecule has 0 aliphatic heterocycles. The molecule has 0 saturated heterocycles. The van der Waals surface area contributed by atoms with Gasteiger partial charge in [-0.3, -0.25) is 0 Å². The number of rotatable bonds is 1. The normalized spacial score (nSPS) is 8.82. The molecule has 0 amide bonds. The molecule has 0 radical (unpaired) electrons. The van der Waals surface area contributed by atoms with Gasteiger partial charge in [-0.1, -0.05) is 25.6 Å². The maximum absolute atomic E-state index is 4.14. The number of nitrogens with zero attached hydrogens (tertiary/aromatic N) is 3. The fraction of sp³-hybridized carbons (Fsp3) is 0.714. The third-order valence-corrected chi connectivity index (χ3v) is 1.73. The molecule has 0 saturated carbocycles. The molecule has 0 unspecified atom stereocenters. The topological polar surface area (TPSA) is 30.7 Å². The lowest BCUT2D eigenvalue weighted by molar-refractivity contribution is 0.683.